The smallest absolute Gasteiger partial charge is 0.273 e. The van der Waals surface area contributed by atoms with Crippen molar-refractivity contribution in [1.82, 2.24) is 9.97 Å². The van der Waals surface area contributed by atoms with Crippen molar-refractivity contribution in [3.05, 3.63) is 107 Å². The number of carbonyl (C=O) groups excluding carboxylic acids is 1. The molecule has 0 saturated heterocycles. The highest BCUT2D eigenvalue weighted by atomic mass is 19.3. The van der Waals surface area contributed by atoms with Gasteiger partial charge in [0.15, 0.2) is 0 Å². The van der Waals surface area contributed by atoms with E-state index in [2.05, 4.69) is 16.0 Å². The van der Waals surface area contributed by atoms with E-state index >= 15 is 0 Å². The zero-order valence-electron chi connectivity index (χ0n) is 19.2. The van der Waals surface area contributed by atoms with Gasteiger partial charge in [-0.2, -0.15) is 5.26 Å². The van der Waals surface area contributed by atoms with Crippen LogP contribution in [0.3, 0.4) is 0 Å². The van der Waals surface area contributed by atoms with E-state index in [1.165, 1.54) is 19.1 Å². The third-order valence-corrected chi connectivity index (χ3v) is 5.84. The second kappa shape index (κ2) is 10.4. The molecule has 3 aromatic carbocycles. The first kappa shape index (κ1) is 23.9. The van der Waals surface area contributed by atoms with Gasteiger partial charge in [0.05, 0.1) is 23.0 Å². The monoisotopic (exact) mass is 467 g/mol. The molecule has 1 aromatic heterocycles. The van der Waals surface area contributed by atoms with E-state index in [0.717, 1.165) is 16.7 Å². The van der Waals surface area contributed by atoms with Gasteiger partial charge in [-0.1, -0.05) is 67.6 Å². The van der Waals surface area contributed by atoms with Crippen LogP contribution >= 0.6 is 0 Å². The zero-order chi connectivity index (χ0) is 24.8. The van der Waals surface area contributed by atoms with Gasteiger partial charge in [-0.25, -0.2) is 8.78 Å². The molecule has 174 valence electrons. The van der Waals surface area contributed by atoms with Gasteiger partial charge in [-0.05, 0) is 23.3 Å². The Labute approximate surface area is 202 Å². The van der Waals surface area contributed by atoms with Crippen molar-refractivity contribution in [2.75, 3.05) is 0 Å². The second-order valence-corrected chi connectivity index (χ2v) is 8.29. The molecule has 0 fully saturated rings. The normalized spacial score (nSPS) is 11.1. The minimum Gasteiger partial charge on any atom is -0.299 e. The predicted octanol–water partition coefficient (Wildman–Crippen LogP) is 6.54. The van der Waals surface area contributed by atoms with Gasteiger partial charge in [-0.15, -0.1) is 0 Å². The van der Waals surface area contributed by atoms with Crippen LogP contribution in [0.5, 0.6) is 0 Å². The summed E-state index contributed by atoms with van der Waals surface area (Å²) in [5.41, 5.74) is 5.25. The Balaban J connectivity index is 1.45. The molecule has 0 aliphatic rings. The number of ketones is 1. The van der Waals surface area contributed by atoms with Crippen molar-refractivity contribution in [1.29, 1.82) is 5.26 Å². The molecule has 1 heterocycles. The summed E-state index contributed by atoms with van der Waals surface area (Å²) < 4.78 is 27.6. The Morgan fingerprint density at radius 1 is 0.800 bits per heavy atom. The maximum atomic E-state index is 13.8. The van der Waals surface area contributed by atoms with Crippen LogP contribution in [-0.2, 0) is 23.6 Å². The lowest BCUT2D eigenvalue weighted by Gasteiger charge is -2.14. The molecule has 0 unspecified atom stereocenters. The average Bonchev–Trinajstić information content (AvgIpc) is 2.89. The highest BCUT2D eigenvalue weighted by Gasteiger charge is 2.28. The van der Waals surface area contributed by atoms with Gasteiger partial charge in [0.1, 0.15) is 5.78 Å². The number of nitriles is 1. The molecule has 6 heteroatoms. The number of alkyl halides is 2. The molecule has 0 N–H and O–H groups in total. The van der Waals surface area contributed by atoms with Gasteiger partial charge < -0.3 is 0 Å². The van der Waals surface area contributed by atoms with Gasteiger partial charge in [0, 0.05) is 48.3 Å². The van der Waals surface area contributed by atoms with Crippen molar-refractivity contribution in [2.24, 2.45) is 0 Å². The van der Waals surface area contributed by atoms with Crippen molar-refractivity contribution in [3.63, 3.8) is 0 Å². The molecule has 0 saturated carbocycles. The molecule has 0 atom stereocenters. The first-order valence-electron chi connectivity index (χ1n) is 11.3. The van der Waals surface area contributed by atoms with Crippen LogP contribution < -0.4 is 0 Å². The molecule has 4 rings (SSSR count). The summed E-state index contributed by atoms with van der Waals surface area (Å²) in [7, 11) is 0. The molecular weight excluding hydrogens is 444 g/mol. The Hall–Kier alpha value is -4.24. The minimum atomic E-state index is -2.85. The number of benzene rings is 3. The predicted molar refractivity (Wildman–Crippen MR) is 131 cm³/mol. The van der Waals surface area contributed by atoms with E-state index in [4.69, 9.17) is 5.26 Å². The number of carbonyl (C=O) groups is 1. The molecule has 0 bridgehead atoms. The molecular formula is C29H23F2N3O. The fourth-order valence-electron chi connectivity index (χ4n) is 3.83. The molecule has 0 amide bonds. The van der Waals surface area contributed by atoms with E-state index in [0.29, 0.717) is 22.5 Å². The highest BCUT2D eigenvalue weighted by Crippen LogP contribution is 2.31. The first-order valence-corrected chi connectivity index (χ1v) is 11.3. The van der Waals surface area contributed by atoms with Crippen molar-refractivity contribution in [3.8, 4) is 28.6 Å². The summed E-state index contributed by atoms with van der Waals surface area (Å²) in [6, 6.07) is 22.8. The molecule has 0 aliphatic heterocycles. The molecule has 0 spiro atoms. The van der Waals surface area contributed by atoms with Gasteiger partial charge in [0.2, 0.25) is 0 Å². The Bertz CT molecular complexity index is 1360. The van der Waals surface area contributed by atoms with Crippen molar-refractivity contribution in [2.45, 2.75) is 32.1 Å². The average molecular weight is 468 g/mol. The van der Waals surface area contributed by atoms with E-state index < -0.39 is 5.92 Å². The van der Waals surface area contributed by atoms with Gasteiger partial charge in [0.25, 0.3) is 5.92 Å². The SMILES string of the molecule is CCC(F)(F)c1ccc(CC(=O)Cc2ccc(-c3nccnc3-c3ccc(C#N)cc3)cc2)cc1. The summed E-state index contributed by atoms with van der Waals surface area (Å²) >= 11 is 0. The number of aromatic nitrogens is 2. The lowest BCUT2D eigenvalue weighted by atomic mass is 9.98. The molecule has 35 heavy (non-hydrogen) atoms. The largest absolute Gasteiger partial charge is 0.299 e. The van der Waals surface area contributed by atoms with E-state index in [1.54, 1.807) is 36.7 Å². The molecule has 0 radical (unpaired) electrons. The zero-order valence-corrected chi connectivity index (χ0v) is 19.2. The number of halogens is 2. The van der Waals surface area contributed by atoms with Crippen LogP contribution in [0, 0.1) is 11.3 Å². The lowest BCUT2D eigenvalue weighted by Crippen LogP contribution is -2.12. The third kappa shape index (κ3) is 5.64. The third-order valence-electron chi connectivity index (χ3n) is 5.84. The fraction of sp³-hybridized carbons (Fsp3) is 0.172. The van der Waals surface area contributed by atoms with Crippen LogP contribution in [0.2, 0.25) is 0 Å². The maximum Gasteiger partial charge on any atom is 0.273 e. The highest BCUT2D eigenvalue weighted by molar-refractivity contribution is 5.83. The van der Waals surface area contributed by atoms with E-state index in [9.17, 15) is 13.6 Å². The fourth-order valence-corrected chi connectivity index (χ4v) is 3.83. The summed E-state index contributed by atoms with van der Waals surface area (Å²) in [4.78, 5) is 21.5. The number of hydrogen-bond acceptors (Lipinski definition) is 4. The van der Waals surface area contributed by atoms with Crippen LogP contribution in [0.4, 0.5) is 8.78 Å². The van der Waals surface area contributed by atoms with Gasteiger partial charge >= 0.3 is 0 Å². The molecule has 4 nitrogen and oxygen atoms in total. The van der Waals surface area contributed by atoms with Crippen LogP contribution in [-0.4, -0.2) is 15.8 Å². The van der Waals surface area contributed by atoms with E-state index in [1.807, 2.05) is 36.4 Å². The molecule has 0 aliphatic carbocycles. The van der Waals surface area contributed by atoms with E-state index in [-0.39, 0.29) is 30.6 Å². The minimum absolute atomic E-state index is 0.00512. The summed E-state index contributed by atoms with van der Waals surface area (Å²) in [6.07, 6.45) is 3.43. The number of hydrogen-bond donors (Lipinski definition) is 0. The lowest BCUT2D eigenvalue weighted by molar-refractivity contribution is -0.117. The van der Waals surface area contributed by atoms with Crippen molar-refractivity contribution < 1.29 is 13.6 Å². The van der Waals surface area contributed by atoms with Crippen LogP contribution in [0.25, 0.3) is 22.5 Å². The Morgan fingerprint density at radius 3 is 1.71 bits per heavy atom. The van der Waals surface area contributed by atoms with Crippen LogP contribution in [0.1, 0.15) is 35.6 Å². The number of Topliss-reactive ketones (excluding diaryl/α,β-unsaturated/α-hetero) is 1. The van der Waals surface area contributed by atoms with Crippen LogP contribution in [0.15, 0.2) is 85.2 Å². The number of nitrogens with zero attached hydrogens (tertiary/aromatic N) is 3. The van der Waals surface area contributed by atoms with Gasteiger partial charge in [-0.3, -0.25) is 14.8 Å². The maximum absolute atomic E-state index is 13.8. The topological polar surface area (TPSA) is 66.6 Å². The quantitative estimate of drug-likeness (QED) is 0.295. The second-order valence-electron chi connectivity index (χ2n) is 8.29. The Morgan fingerprint density at radius 2 is 1.26 bits per heavy atom. The van der Waals surface area contributed by atoms with Crippen molar-refractivity contribution >= 4 is 5.78 Å². The molecule has 4 aromatic rings. The summed E-state index contributed by atoms with van der Waals surface area (Å²) in [5, 5.41) is 9.02. The standard InChI is InChI=1S/C29H23F2N3O/c1-2-29(30,31)25-13-7-21(8-14-25)18-26(35)17-20-3-9-23(10-4-20)27-28(34-16-15-33-27)24-11-5-22(19-32)6-12-24/h3-16H,2,17-18H2,1H3. The summed E-state index contributed by atoms with van der Waals surface area (Å²) in [5.74, 6) is -2.85. The Kier molecular flexibility index (Phi) is 7.07. The summed E-state index contributed by atoms with van der Waals surface area (Å²) in [6.45, 7) is 1.45. The first-order chi connectivity index (χ1) is 16.9. The number of rotatable bonds is 8.